The van der Waals surface area contributed by atoms with Gasteiger partial charge in [0.25, 0.3) is 0 Å². The van der Waals surface area contributed by atoms with Gasteiger partial charge in [0.15, 0.2) is 0 Å². The maximum Gasteiger partial charge on any atom is 0.128 e. The molecule has 1 aliphatic rings. The molecule has 2 N–H and O–H groups in total. The van der Waals surface area contributed by atoms with E-state index in [-0.39, 0.29) is 0 Å². The lowest BCUT2D eigenvalue weighted by atomic mass is 10.1. The van der Waals surface area contributed by atoms with E-state index in [1.165, 1.54) is 0 Å². The van der Waals surface area contributed by atoms with Crippen molar-refractivity contribution in [3.8, 4) is 11.3 Å². The first-order valence-electron chi connectivity index (χ1n) is 8.04. The molecule has 3 aromatic heterocycles. The van der Waals surface area contributed by atoms with Crippen LogP contribution in [-0.2, 0) is 4.74 Å². The predicted octanol–water partition coefficient (Wildman–Crippen LogP) is 3.52. The topological polar surface area (TPSA) is 62.8 Å². The van der Waals surface area contributed by atoms with Crippen molar-refractivity contribution < 1.29 is 4.74 Å². The van der Waals surface area contributed by atoms with Crippen molar-refractivity contribution in [1.82, 2.24) is 15.0 Å². The number of aromatic amines is 1. The number of aryl methyl sites for hydroxylation is 1. The third-order valence-corrected chi connectivity index (χ3v) is 4.22. The molecule has 1 unspecified atom stereocenters. The number of nitrogens with zero attached hydrogens (tertiary/aromatic N) is 2. The first kappa shape index (κ1) is 14.2. The Morgan fingerprint density at radius 1 is 1.26 bits per heavy atom. The minimum atomic E-state index is 0.353. The Labute approximate surface area is 135 Å². The normalized spacial score (nSPS) is 18.2. The maximum atomic E-state index is 5.51. The van der Waals surface area contributed by atoms with Crippen molar-refractivity contribution >= 4 is 16.7 Å². The minimum absolute atomic E-state index is 0.353. The molecule has 4 rings (SSSR count). The quantitative estimate of drug-likeness (QED) is 0.777. The standard InChI is InChI=1S/C18H20N4O/c1-12-7-13(4-5-19-12)16-8-14-10-20-18(9-17(14)22-16)21-15-3-2-6-23-11-15/h4-5,7-10,15,22H,2-3,6,11H2,1H3,(H,20,21). The Morgan fingerprint density at radius 2 is 2.22 bits per heavy atom. The van der Waals surface area contributed by atoms with Crippen LogP contribution in [0.5, 0.6) is 0 Å². The number of hydrogen-bond donors (Lipinski definition) is 2. The van der Waals surface area contributed by atoms with Crippen molar-refractivity contribution in [2.75, 3.05) is 18.5 Å². The number of nitrogens with one attached hydrogen (secondary N) is 2. The predicted molar refractivity (Wildman–Crippen MR) is 91.5 cm³/mol. The van der Waals surface area contributed by atoms with Crippen molar-refractivity contribution in [1.29, 1.82) is 0 Å². The molecule has 0 aliphatic carbocycles. The molecule has 1 saturated heterocycles. The number of H-pyrrole nitrogens is 1. The summed E-state index contributed by atoms with van der Waals surface area (Å²) in [6.07, 6.45) is 5.99. The van der Waals surface area contributed by atoms with E-state index >= 15 is 0 Å². The Bertz CT molecular complexity index is 821. The monoisotopic (exact) mass is 308 g/mol. The highest BCUT2D eigenvalue weighted by Gasteiger charge is 2.14. The first-order chi connectivity index (χ1) is 11.3. The van der Waals surface area contributed by atoms with Crippen LogP contribution in [-0.4, -0.2) is 34.2 Å². The Morgan fingerprint density at radius 3 is 3.04 bits per heavy atom. The van der Waals surface area contributed by atoms with Crippen molar-refractivity contribution in [2.45, 2.75) is 25.8 Å². The first-order valence-corrected chi connectivity index (χ1v) is 8.04. The van der Waals surface area contributed by atoms with Gasteiger partial charge in [-0.1, -0.05) is 0 Å². The lowest BCUT2D eigenvalue weighted by Gasteiger charge is -2.23. The number of hydrogen-bond acceptors (Lipinski definition) is 4. The lowest BCUT2D eigenvalue weighted by molar-refractivity contribution is 0.0875. The molecule has 118 valence electrons. The molecule has 0 aromatic carbocycles. The fraction of sp³-hybridized carbons (Fsp3) is 0.333. The third kappa shape index (κ3) is 3.05. The summed E-state index contributed by atoms with van der Waals surface area (Å²) in [5, 5.41) is 4.58. The van der Waals surface area contributed by atoms with Gasteiger partial charge in [0.2, 0.25) is 0 Å². The molecule has 4 heterocycles. The second-order valence-electron chi connectivity index (χ2n) is 6.08. The second-order valence-corrected chi connectivity index (χ2v) is 6.08. The van der Waals surface area contributed by atoms with E-state index in [1.807, 2.05) is 25.4 Å². The Kier molecular flexibility index (Phi) is 3.71. The molecule has 1 aliphatic heterocycles. The van der Waals surface area contributed by atoms with E-state index in [0.717, 1.165) is 59.7 Å². The summed E-state index contributed by atoms with van der Waals surface area (Å²) in [5.41, 5.74) is 4.33. The van der Waals surface area contributed by atoms with Crippen LogP contribution in [0.25, 0.3) is 22.2 Å². The van der Waals surface area contributed by atoms with Gasteiger partial charge in [-0.2, -0.15) is 0 Å². The highest BCUT2D eigenvalue weighted by atomic mass is 16.5. The average Bonchev–Trinajstić information content (AvgIpc) is 2.99. The zero-order chi connectivity index (χ0) is 15.6. The van der Waals surface area contributed by atoms with Crippen LogP contribution < -0.4 is 5.32 Å². The maximum absolute atomic E-state index is 5.51. The highest BCUT2D eigenvalue weighted by Crippen LogP contribution is 2.25. The molecular weight excluding hydrogens is 288 g/mol. The summed E-state index contributed by atoms with van der Waals surface area (Å²) >= 11 is 0. The zero-order valence-electron chi connectivity index (χ0n) is 13.2. The van der Waals surface area contributed by atoms with Gasteiger partial charge < -0.3 is 15.0 Å². The molecule has 5 heteroatoms. The van der Waals surface area contributed by atoms with Crippen LogP contribution in [0.2, 0.25) is 0 Å². The summed E-state index contributed by atoms with van der Waals surface area (Å²) in [6, 6.07) is 8.65. The van der Waals surface area contributed by atoms with E-state index < -0.39 is 0 Å². The van der Waals surface area contributed by atoms with Gasteiger partial charge in [-0.3, -0.25) is 4.98 Å². The smallest absolute Gasteiger partial charge is 0.128 e. The van der Waals surface area contributed by atoms with E-state index in [4.69, 9.17) is 4.74 Å². The number of anilines is 1. The van der Waals surface area contributed by atoms with E-state index in [1.54, 1.807) is 0 Å². The van der Waals surface area contributed by atoms with Crippen molar-refractivity contribution in [3.63, 3.8) is 0 Å². The van der Waals surface area contributed by atoms with Gasteiger partial charge in [0.1, 0.15) is 5.82 Å². The summed E-state index contributed by atoms with van der Waals surface area (Å²) in [6.45, 7) is 3.63. The summed E-state index contributed by atoms with van der Waals surface area (Å²) in [7, 11) is 0. The molecule has 3 aromatic rings. The molecule has 1 fully saturated rings. The molecule has 0 saturated carbocycles. The second kappa shape index (κ2) is 6.01. The average molecular weight is 308 g/mol. The van der Waals surface area contributed by atoms with E-state index in [2.05, 4.69) is 38.5 Å². The summed E-state index contributed by atoms with van der Waals surface area (Å²) in [5.74, 6) is 0.896. The third-order valence-electron chi connectivity index (χ3n) is 4.22. The fourth-order valence-corrected chi connectivity index (χ4v) is 3.04. The molecule has 0 bridgehead atoms. The zero-order valence-corrected chi connectivity index (χ0v) is 13.2. The van der Waals surface area contributed by atoms with Gasteiger partial charge in [0.05, 0.1) is 18.2 Å². The van der Waals surface area contributed by atoms with Crippen LogP contribution in [0.4, 0.5) is 5.82 Å². The molecule has 0 radical (unpaired) electrons. The van der Waals surface area contributed by atoms with E-state index in [0.29, 0.717) is 6.04 Å². The minimum Gasteiger partial charge on any atom is -0.379 e. The largest absolute Gasteiger partial charge is 0.379 e. The Hall–Kier alpha value is -2.40. The number of pyridine rings is 2. The van der Waals surface area contributed by atoms with Gasteiger partial charge in [-0.25, -0.2) is 4.98 Å². The van der Waals surface area contributed by atoms with E-state index in [9.17, 15) is 0 Å². The van der Waals surface area contributed by atoms with Gasteiger partial charge in [-0.15, -0.1) is 0 Å². The van der Waals surface area contributed by atoms with Crippen LogP contribution in [0, 0.1) is 6.92 Å². The summed E-state index contributed by atoms with van der Waals surface area (Å²) in [4.78, 5) is 12.3. The van der Waals surface area contributed by atoms with Crippen molar-refractivity contribution in [3.05, 3.63) is 42.4 Å². The Balaban J connectivity index is 1.61. The van der Waals surface area contributed by atoms with Gasteiger partial charge in [-0.05, 0) is 38.0 Å². The molecule has 5 nitrogen and oxygen atoms in total. The highest BCUT2D eigenvalue weighted by molar-refractivity contribution is 5.86. The molecule has 1 atom stereocenters. The van der Waals surface area contributed by atoms with Gasteiger partial charge >= 0.3 is 0 Å². The SMILES string of the molecule is Cc1cc(-c2cc3cnc(NC4CCCOC4)cc3[nH]2)ccn1. The number of ether oxygens (including phenoxy) is 1. The molecule has 0 amide bonds. The fourth-order valence-electron chi connectivity index (χ4n) is 3.04. The van der Waals surface area contributed by atoms with Crippen LogP contribution in [0.15, 0.2) is 36.7 Å². The van der Waals surface area contributed by atoms with Gasteiger partial charge in [0, 0.05) is 47.4 Å². The van der Waals surface area contributed by atoms with Crippen LogP contribution >= 0.6 is 0 Å². The van der Waals surface area contributed by atoms with Crippen molar-refractivity contribution in [2.24, 2.45) is 0 Å². The molecule has 23 heavy (non-hydrogen) atoms. The summed E-state index contributed by atoms with van der Waals surface area (Å²) < 4.78 is 5.51. The van der Waals surface area contributed by atoms with Crippen LogP contribution in [0.3, 0.4) is 0 Å². The van der Waals surface area contributed by atoms with Crippen LogP contribution in [0.1, 0.15) is 18.5 Å². The number of aromatic nitrogens is 3. The molecule has 0 spiro atoms. The number of rotatable bonds is 3. The molecular formula is C18H20N4O. The number of fused-ring (bicyclic) bond motifs is 1. The lowest BCUT2D eigenvalue weighted by Crippen LogP contribution is -2.30.